The van der Waals surface area contributed by atoms with Gasteiger partial charge in [-0.05, 0) is 39.7 Å². The molecule has 2 N–H and O–H groups in total. The molecule has 15 heavy (non-hydrogen) atoms. The summed E-state index contributed by atoms with van der Waals surface area (Å²) in [5.41, 5.74) is 5.49. The van der Waals surface area contributed by atoms with E-state index in [2.05, 4.69) is 20.8 Å². The average molecular weight is 215 g/mol. The Morgan fingerprint density at radius 3 is 2.33 bits per heavy atom. The lowest BCUT2D eigenvalue weighted by atomic mass is 10.00. The molecule has 0 unspecified atom stereocenters. The van der Waals surface area contributed by atoms with Gasteiger partial charge >= 0.3 is 0 Å². The van der Waals surface area contributed by atoms with Crippen LogP contribution in [0.25, 0.3) is 0 Å². The molecular formula is C13H29NO. The summed E-state index contributed by atoms with van der Waals surface area (Å²) in [7, 11) is 0. The molecule has 0 aromatic heterocycles. The van der Waals surface area contributed by atoms with E-state index in [1.54, 1.807) is 0 Å². The van der Waals surface area contributed by atoms with Gasteiger partial charge in [-0.1, -0.05) is 32.6 Å². The molecule has 0 amide bonds. The fraction of sp³-hybridized carbons (Fsp3) is 1.00. The van der Waals surface area contributed by atoms with Crippen molar-refractivity contribution in [3.8, 4) is 0 Å². The van der Waals surface area contributed by atoms with E-state index in [1.807, 2.05) is 0 Å². The number of unbranched alkanes of at least 4 members (excludes halogenated alkanes) is 4. The van der Waals surface area contributed by atoms with E-state index in [4.69, 9.17) is 10.5 Å². The van der Waals surface area contributed by atoms with Gasteiger partial charge in [0.25, 0.3) is 0 Å². The quantitative estimate of drug-likeness (QED) is 0.566. The number of nitrogens with two attached hydrogens (primary N) is 1. The van der Waals surface area contributed by atoms with Gasteiger partial charge in [0.15, 0.2) is 0 Å². The largest absolute Gasteiger partial charge is 0.376 e. The van der Waals surface area contributed by atoms with Crippen molar-refractivity contribution in [2.45, 2.75) is 71.3 Å². The van der Waals surface area contributed by atoms with Crippen molar-refractivity contribution in [3.05, 3.63) is 0 Å². The fourth-order valence-electron chi connectivity index (χ4n) is 1.64. The van der Waals surface area contributed by atoms with Crippen LogP contribution in [-0.4, -0.2) is 18.8 Å². The van der Waals surface area contributed by atoms with Crippen LogP contribution >= 0.6 is 0 Å². The summed E-state index contributed by atoms with van der Waals surface area (Å²) in [4.78, 5) is 0. The van der Waals surface area contributed by atoms with E-state index in [1.165, 1.54) is 32.1 Å². The third kappa shape index (κ3) is 10.2. The van der Waals surface area contributed by atoms with Gasteiger partial charge in [-0.2, -0.15) is 0 Å². The summed E-state index contributed by atoms with van der Waals surface area (Å²) in [5, 5.41) is 0. The first-order valence-electron chi connectivity index (χ1n) is 6.46. The van der Waals surface area contributed by atoms with Crippen LogP contribution in [0.3, 0.4) is 0 Å². The molecule has 0 rings (SSSR count). The van der Waals surface area contributed by atoms with E-state index in [-0.39, 0.29) is 5.60 Å². The molecule has 0 atom stereocenters. The topological polar surface area (TPSA) is 35.2 Å². The molecule has 0 aromatic carbocycles. The Hall–Kier alpha value is -0.0800. The predicted octanol–water partition coefficient (Wildman–Crippen LogP) is 3.49. The van der Waals surface area contributed by atoms with Crippen LogP contribution < -0.4 is 5.73 Å². The molecule has 0 bridgehead atoms. The Labute approximate surface area is 95.6 Å². The molecule has 0 spiro atoms. The number of hydrogen-bond donors (Lipinski definition) is 1. The number of ether oxygens (including phenoxy) is 1. The average Bonchev–Trinajstić information content (AvgIpc) is 2.20. The maximum atomic E-state index is 5.86. The van der Waals surface area contributed by atoms with E-state index in [0.29, 0.717) is 0 Å². The molecule has 2 nitrogen and oxygen atoms in total. The molecule has 92 valence electrons. The molecule has 0 aromatic rings. The van der Waals surface area contributed by atoms with Crippen molar-refractivity contribution in [1.29, 1.82) is 0 Å². The second-order valence-electron chi connectivity index (χ2n) is 4.91. The SMILES string of the molecule is CCCCCCC(C)(C)OCCCCN. The van der Waals surface area contributed by atoms with Crippen LogP contribution in [0.4, 0.5) is 0 Å². The highest BCUT2D eigenvalue weighted by atomic mass is 16.5. The summed E-state index contributed by atoms with van der Waals surface area (Å²) in [6.45, 7) is 8.27. The van der Waals surface area contributed by atoms with Crippen LogP contribution in [0.5, 0.6) is 0 Å². The maximum absolute atomic E-state index is 5.86. The van der Waals surface area contributed by atoms with E-state index >= 15 is 0 Å². The molecule has 0 saturated heterocycles. The minimum absolute atomic E-state index is 0.0579. The lowest BCUT2D eigenvalue weighted by Crippen LogP contribution is -2.25. The number of rotatable bonds is 10. The molecule has 0 radical (unpaired) electrons. The highest BCUT2D eigenvalue weighted by Crippen LogP contribution is 2.19. The van der Waals surface area contributed by atoms with Gasteiger partial charge < -0.3 is 10.5 Å². The van der Waals surface area contributed by atoms with Crippen LogP contribution in [0.1, 0.15) is 65.7 Å². The van der Waals surface area contributed by atoms with Gasteiger partial charge in [-0.3, -0.25) is 0 Å². The van der Waals surface area contributed by atoms with Crippen molar-refractivity contribution < 1.29 is 4.74 Å². The zero-order valence-electron chi connectivity index (χ0n) is 10.8. The molecule has 0 saturated carbocycles. The molecule has 0 heterocycles. The summed E-state index contributed by atoms with van der Waals surface area (Å²) >= 11 is 0. The van der Waals surface area contributed by atoms with Crippen LogP contribution in [-0.2, 0) is 4.74 Å². The lowest BCUT2D eigenvalue weighted by molar-refractivity contribution is -0.0263. The lowest BCUT2D eigenvalue weighted by Gasteiger charge is -2.25. The Morgan fingerprint density at radius 2 is 1.73 bits per heavy atom. The standard InChI is InChI=1S/C13H29NO/c1-4-5-6-7-10-13(2,3)15-12-9-8-11-14/h4-12,14H2,1-3H3. The van der Waals surface area contributed by atoms with Gasteiger partial charge in [-0.25, -0.2) is 0 Å². The Kier molecular flexibility index (Phi) is 9.12. The second-order valence-corrected chi connectivity index (χ2v) is 4.91. The molecule has 2 heteroatoms. The van der Waals surface area contributed by atoms with Crippen LogP contribution in [0.15, 0.2) is 0 Å². The van der Waals surface area contributed by atoms with Gasteiger partial charge in [0.2, 0.25) is 0 Å². The molecule has 0 aliphatic carbocycles. The minimum Gasteiger partial charge on any atom is -0.376 e. The van der Waals surface area contributed by atoms with Crippen molar-refractivity contribution in [3.63, 3.8) is 0 Å². The monoisotopic (exact) mass is 215 g/mol. The highest BCUT2D eigenvalue weighted by molar-refractivity contribution is 4.68. The third-order valence-corrected chi connectivity index (χ3v) is 2.72. The minimum atomic E-state index is 0.0579. The van der Waals surface area contributed by atoms with Crippen LogP contribution in [0.2, 0.25) is 0 Å². The predicted molar refractivity (Wildman–Crippen MR) is 67.1 cm³/mol. The van der Waals surface area contributed by atoms with E-state index in [0.717, 1.165) is 26.0 Å². The van der Waals surface area contributed by atoms with Crippen LogP contribution in [0, 0.1) is 0 Å². The summed E-state index contributed by atoms with van der Waals surface area (Å²) in [5.74, 6) is 0. The Bertz CT molecular complexity index is 120. The molecule has 0 fully saturated rings. The first kappa shape index (κ1) is 14.9. The zero-order valence-corrected chi connectivity index (χ0v) is 10.8. The smallest absolute Gasteiger partial charge is 0.0626 e. The third-order valence-electron chi connectivity index (χ3n) is 2.72. The first-order valence-corrected chi connectivity index (χ1v) is 6.46. The summed E-state index contributed by atoms with van der Waals surface area (Å²) in [6, 6.07) is 0. The molecule has 0 aliphatic heterocycles. The van der Waals surface area contributed by atoms with Crippen molar-refractivity contribution >= 4 is 0 Å². The molecular weight excluding hydrogens is 186 g/mol. The first-order chi connectivity index (χ1) is 7.12. The Balaban J connectivity index is 3.40. The van der Waals surface area contributed by atoms with Crippen molar-refractivity contribution in [1.82, 2.24) is 0 Å². The fourth-order valence-corrected chi connectivity index (χ4v) is 1.64. The van der Waals surface area contributed by atoms with Gasteiger partial charge in [0.1, 0.15) is 0 Å². The van der Waals surface area contributed by atoms with Gasteiger partial charge in [-0.15, -0.1) is 0 Å². The van der Waals surface area contributed by atoms with Gasteiger partial charge in [0, 0.05) is 6.61 Å². The number of hydrogen-bond acceptors (Lipinski definition) is 2. The highest BCUT2D eigenvalue weighted by Gasteiger charge is 2.16. The summed E-state index contributed by atoms with van der Waals surface area (Å²) < 4.78 is 5.86. The summed E-state index contributed by atoms with van der Waals surface area (Å²) in [6.07, 6.45) is 8.63. The Morgan fingerprint density at radius 1 is 1.00 bits per heavy atom. The van der Waals surface area contributed by atoms with Crippen molar-refractivity contribution in [2.75, 3.05) is 13.2 Å². The molecule has 0 aliphatic rings. The van der Waals surface area contributed by atoms with E-state index in [9.17, 15) is 0 Å². The van der Waals surface area contributed by atoms with Gasteiger partial charge in [0.05, 0.1) is 5.60 Å². The maximum Gasteiger partial charge on any atom is 0.0626 e. The zero-order chi connectivity index (χ0) is 11.6. The van der Waals surface area contributed by atoms with Crippen molar-refractivity contribution in [2.24, 2.45) is 5.73 Å². The second kappa shape index (κ2) is 9.17. The normalized spacial score (nSPS) is 12.0. The van der Waals surface area contributed by atoms with E-state index < -0.39 is 0 Å².